The Morgan fingerprint density at radius 1 is 0.958 bits per heavy atom. The highest BCUT2D eigenvalue weighted by molar-refractivity contribution is 7.98. The van der Waals surface area contributed by atoms with Gasteiger partial charge in [-0.25, -0.2) is 0 Å². The zero-order valence-electron chi connectivity index (χ0n) is 14.0. The van der Waals surface area contributed by atoms with E-state index in [0.717, 1.165) is 11.6 Å². The second-order valence-electron chi connectivity index (χ2n) is 5.93. The first-order chi connectivity index (χ1) is 11.6. The first kappa shape index (κ1) is 17.6. The van der Waals surface area contributed by atoms with E-state index < -0.39 is 0 Å². The van der Waals surface area contributed by atoms with E-state index in [0.29, 0.717) is 0 Å². The van der Waals surface area contributed by atoms with E-state index >= 15 is 0 Å². The van der Waals surface area contributed by atoms with E-state index in [2.05, 4.69) is 67.7 Å². The molecule has 3 rings (SSSR count). The summed E-state index contributed by atoms with van der Waals surface area (Å²) in [5, 5.41) is 0.773. The van der Waals surface area contributed by atoms with Crippen molar-refractivity contribution < 1.29 is 0 Å². The lowest BCUT2D eigenvalue weighted by atomic mass is 10.0. The molecule has 0 unspecified atom stereocenters. The summed E-state index contributed by atoms with van der Waals surface area (Å²) in [6, 6.07) is 19.3. The molecule has 0 atom stereocenters. The molecule has 0 fully saturated rings. The summed E-state index contributed by atoms with van der Waals surface area (Å²) < 4.78 is 0. The van der Waals surface area contributed by atoms with Crippen LogP contribution in [0.5, 0.6) is 0 Å². The van der Waals surface area contributed by atoms with Crippen molar-refractivity contribution in [1.82, 2.24) is 4.90 Å². The summed E-state index contributed by atoms with van der Waals surface area (Å²) in [5.41, 5.74) is 3.78. The molecule has 0 aliphatic rings. The summed E-state index contributed by atoms with van der Waals surface area (Å²) in [6.45, 7) is 0.953. The van der Waals surface area contributed by atoms with Gasteiger partial charge >= 0.3 is 0 Å². The van der Waals surface area contributed by atoms with Gasteiger partial charge in [-0.1, -0.05) is 35.9 Å². The van der Waals surface area contributed by atoms with Gasteiger partial charge in [0.05, 0.1) is 0 Å². The number of halogens is 1. The van der Waals surface area contributed by atoms with Gasteiger partial charge in [0, 0.05) is 31.8 Å². The van der Waals surface area contributed by atoms with Crippen LogP contribution in [0.3, 0.4) is 0 Å². The van der Waals surface area contributed by atoms with Gasteiger partial charge in [0.25, 0.3) is 0 Å². The molecule has 124 valence electrons. The minimum atomic E-state index is 0.773. The zero-order valence-corrected chi connectivity index (χ0v) is 16.4. The third-order valence-corrected chi connectivity index (χ3v) is 5.93. The summed E-state index contributed by atoms with van der Waals surface area (Å²) >= 11 is 9.69. The van der Waals surface area contributed by atoms with E-state index in [9.17, 15) is 0 Å². The Kier molecular flexibility index (Phi) is 5.67. The molecular formula is C20H20ClNS2. The summed E-state index contributed by atoms with van der Waals surface area (Å²) in [4.78, 5) is 6.17. The van der Waals surface area contributed by atoms with E-state index in [1.807, 2.05) is 23.5 Å². The quantitative estimate of drug-likeness (QED) is 0.468. The molecule has 2 aromatic carbocycles. The molecule has 0 saturated heterocycles. The SMILES string of the molecule is CSc1ccc(-c2cc(CN(C)C)sc2-c2ccc(Cl)cc2)cc1. The van der Waals surface area contributed by atoms with Crippen LogP contribution in [0.4, 0.5) is 0 Å². The maximum atomic E-state index is 6.06. The number of thiophene rings is 1. The molecule has 1 aromatic heterocycles. The van der Waals surface area contributed by atoms with Crippen molar-refractivity contribution in [3.8, 4) is 21.6 Å². The summed E-state index contributed by atoms with van der Waals surface area (Å²) in [5.74, 6) is 0. The average molecular weight is 374 g/mol. The first-order valence-corrected chi connectivity index (χ1v) is 10.2. The monoisotopic (exact) mass is 373 g/mol. The molecule has 0 spiro atoms. The molecule has 1 heterocycles. The Labute approximate surface area is 157 Å². The summed E-state index contributed by atoms with van der Waals surface area (Å²) in [7, 11) is 4.21. The number of thioether (sulfide) groups is 1. The highest BCUT2D eigenvalue weighted by Crippen LogP contribution is 2.40. The molecule has 24 heavy (non-hydrogen) atoms. The number of nitrogens with zero attached hydrogens (tertiary/aromatic N) is 1. The molecule has 4 heteroatoms. The standard InChI is InChI=1S/C20H20ClNS2/c1-22(2)13-18-12-19(14-6-10-17(23-3)11-7-14)20(24-18)15-4-8-16(21)9-5-15/h4-12H,13H2,1-3H3. The third-order valence-electron chi connectivity index (χ3n) is 3.76. The van der Waals surface area contributed by atoms with Gasteiger partial charge in [-0.2, -0.15) is 0 Å². The fourth-order valence-electron chi connectivity index (χ4n) is 2.63. The average Bonchev–Trinajstić information content (AvgIpc) is 2.98. The molecule has 0 N–H and O–H groups in total. The minimum absolute atomic E-state index is 0.773. The van der Waals surface area contributed by atoms with Gasteiger partial charge in [-0.15, -0.1) is 23.1 Å². The predicted molar refractivity (Wildman–Crippen MR) is 109 cm³/mol. The second-order valence-corrected chi connectivity index (χ2v) is 8.38. The van der Waals surface area contributed by atoms with Crippen LogP contribution in [0, 0.1) is 0 Å². The molecule has 0 bridgehead atoms. The molecule has 0 amide bonds. The van der Waals surface area contributed by atoms with E-state index in [1.165, 1.54) is 31.3 Å². The lowest BCUT2D eigenvalue weighted by Crippen LogP contribution is -2.09. The Morgan fingerprint density at radius 2 is 1.58 bits per heavy atom. The number of rotatable bonds is 5. The fraction of sp³-hybridized carbons (Fsp3) is 0.200. The van der Waals surface area contributed by atoms with Crippen molar-refractivity contribution in [2.24, 2.45) is 0 Å². The predicted octanol–water partition coefficient (Wildman–Crippen LogP) is 6.52. The molecule has 0 aliphatic heterocycles. The Balaban J connectivity index is 2.07. The van der Waals surface area contributed by atoms with Crippen molar-refractivity contribution in [2.75, 3.05) is 20.4 Å². The molecule has 3 aromatic rings. The van der Waals surface area contributed by atoms with Crippen molar-refractivity contribution in [1.29, 1.82) is 0 Å². The molecule has 0 aliphatic carbocycles. The van der Waals surface area contributed by atoms with Crippen LogP contribution < -0.4 is 0 Å². The number of hydrogen-bond donors (Lipinski definition) is 0. The Bertz CT molecular complexity index is 805. The number of benzene rings is 2. The molecule has 0 saturated carbocycles. The van der Waals surface area contributed by atoms with Crippen LogP contribution in [0.1, 0.15) is 4.88 Å². The van der Waals surface area contributed by atoms with Gasteiger partial charge in [0.15, 0.2) is 0 Å². The van der Waals surface area contributed by atoms with E-state index in [4.69, 9.17) is 11.6 Å². The second kappa shape index (κ2) is 7.75. The van der Waals surface area contributed by atoms with Gasteiger partial charge in [-0.05, 0) is 61.8 Å². The highest BCUT2D eigenvalue weighted by atomic mass is 35.5. The van der Waals surface area contributed by atoms with E-state index in [1.54, 1.807) is 11.8 Å². The minimum Gasteiger partial charge on any atom is -0.304 e. The van der Waals surface area contributed by atoms with Gasteiger partial charge in [0.1, 0.15) is 0 Å². The topological polar surface area (TPSA) is 3.24 Å². The van der Waals surface area contributed by atoms with Crippen molar-refractivity contribution in [2.45, 2.75) is 11.4 Å². The zero-order chi connectivity index (χ0) is 17.1. The highest BCUT2D eigenvalue weighted by Gasteiger charge is 2.13. The third kappa shape index (κ3) is 4.04. The summed E-state index contributed by atoms with van der Waals surface area (Å²) in [6.07, 6.45) is 2.11. The lowest BCUT2D eigenvalue weighted by Gasteiger charge is -2.06. The largest absolute Gasteiger partial charge is 0.304 e. The fourth-order valence-corrected chi connectivity index (χ4v) is 4.47. The maximum Gasteiger partial charge on any atom is 0.0424 e. The number of hydrogen-bond acceptors (Lipinski definition) is 3. The normalized spacial score (nSPS) is 11.2. The van der Waals surface area contributed by atoms with Crippen LogP contribution in [-0.2, 0) is 6.54 Å². The van der Waals surface area contributed by atoms with Crippen LogP contribution in [0.25, 0.3) is 21.6 Å². The van der Waals surface area contributed by atoms with Crippen LogP contribution in [0.15, 0.2) is 59.5 Å². The van der Waals surface area contributed by atoms with Crippen LogP contribution in [-0.4, -0.2) is 25.3 Å². The molecular weight excluding hydrogens is 354 g/mol. The Morgan fingerprint density at radius 3 is 2.17 bits per heavy atom. The van der Waals surface area contributed by atoms with Gasteiger partial charge in [0.2, 0.25) is 0 Å². The van der Waals surface area contributed by atoms with Crippen LogP contribution >= 0.6 is 34.7 Å². The smallest absolute Gasteiger partial charge is 0.0424 e. The van der Waals surface area contributed by atoms with Crippen molar-refractivity contribution >= 4 is 34.7 Å². The van der Waals surface area contributed by atoms with Gasteiger partial charge < -0.3 is 4.90 Å². The van der Waals surface area contributed by atoms with Crippen molar-refractivity contribution in [3.63, 3.8) is 0 Å². The van der Waals surface area contributed by atoms with E-state index in [-0.39, 0.29) is 0 Å². The first-order valence-electron chi connectivity index (χ1n) is 7.74. The Hall–Kier alpha value is -1.26. The lowest BCUT2D eigenvalue weighted by molar-refractivity contribution is 0.406. The van der Waals surface area contributed by atoms with Crippen molar-refractivity contribution in [3.05, 3.63) is 64.5 Å². The molecule has 1 nitrogen and oxygen atoms in total. The molecule has 0 radical (unpaired) electrons. The maximum absolute atomic E-state index is 6.06. The van der Waals surface area contributed by atoms with Gasteiger partial charge in [-0.3, -0.25) is 0 Å². The van der Waals surface area contributed by atoms with Crippen LogP contribution in [0.2, 0.25) is 5.02 Å².